The second-order valence-electron chi connectivity index (χ2n) is 5.32. The molecule has 0 atom stereocenters. The van der Waals surface area contributed by atoms with Crippen LogP contribution >= 0.6 is 11.3 Å². The maximum Gasteiger partial charge on any atom is 0.251 e. The van der Waals surface area contributed by atoms with Gasteiger partial charge in [-0.2, -0.15) is 0 Å². The molecule has 0 radical (unpaired) electrons. The molecule has 122 valence electrons. The molecule has 0 spiro atoms. The molecule has 23 heavy (non-hydrogen) atoms. The SMILES string of the molecule is CC(C)(NC(=O)CNC(=O)c1ccc(F)c(F)c1)c1nccs1. The second kappa shape index (κ2) is 6.82. The smallest absolute Gasteiger partial charge is 0.251 e. The summed E-state index contributed by atoms with van der Waals surface area (Å²) < 4.78 is 25.9. The number of nitrogens with one attached hydrogen (secondary N) is 2. The molecule has 1 heterocycles. The van der Waals surface area contributed by atoms with Gasteiger partial charge in [-0.05, 0) is 32.0 Å². The first-order valence-electron chi connectivity index (χ1n) is 6.74. The van der Waals surface area contributed by atoms with Crippen molar-refractivity contribution in [1.82, 2.24) is 15.6 Å². The van der Waals surface area contributed by atoms with Crippen LogP contribution in [0.5, 0.6) is 0 Å². The van der Waals surface area contributed by atoms with E-state index in [0.29, 0.717) is 0 Å². The van der Waals surface area contributed by atoms with Gasteiger partial charge in [0.1, 0.15) is 5.01 Å². The highest BCUT2D eigenvalue weighted by atomic mass is 32.1. The van der Waals surface area contributed by atoms with Gasteiger partial charge in [-0.15, -0.1) is 11.3 Å². The zero-order valence-corrected chi connectivity index (χ0v) is 13.3. The summed E-state index contributed by atoms with van der Waals surface area (Å²) in [5.74, 6) is -3.23. The minimum Gasteiger partial charge on any atom is -0.343 e. The Hall–Kier alpha value is -2.35. The second-order valence-corrected chi connectivity index (χ2v) is 6.22. The fraction of sp³-hybridized carbons (Fsp3) is 0.267. The summed E-state index contributed by atoms with van der Waals surface area (Å²) in [4.78, 5) is 27.9. The Balaban J connectivity index is 1.91. The number of amides is 2. The van der Waals surface area contributed by atoms with Gasteiger partial charge in [0.15, 0.2) is 11.6 Å². The lowest BCUT2D eigenvalue weighted by atomic mass is 10.1. The number of rotatable bonds is 5. The highest BCUT2D eigenvalue weighted by Gasteiger charge is 2.25. The molecule has 0 aliphatic rings. The molecule has 1 aromatic heterocycles. The maximum atomic E-state index is 13.1. The van der Waals surface area contributed by atoms with Crippen LogP contribution in [-0.4, -0.2) is 23.3 Å². The van der Waals surface area contributed by atoms with Gasteiger partial charge in [-0.3, -0.25) is 9.59 Å². The minimum atomic E-state index is -1.12. The van der Waals surface area contributed by atoms with Crippen LogP contribution in [0.25, 0.3) is 0 Å². The molecule has 0 unspecified atom stereocenters. The van der Waals surface area contributed by atoms with E-state index in [0.717, 1.165) is 23.2 Å². The molecule has 1 aromatic carbocycles. The molecule has 2 N–H and O–H groups in total. The molecule has 0 saturated heterocycles. The van der Waals surface area contributed by atoms with E-state index < -0.39 is 29.0 Å². The van der Waals surface area contributed by atoms with Gasteiger partial charge in [0, 0.05) is 17.1 Å². The van der Waals surface area contributed by atoms with E-state index >= 15 is 0 Å². The van der Waals surface area contributed by atoms with Crippen molar-refractivity contribution in [3.05, 3.63) is 52.0 Å². The van der Waals surface area contributed by atoms with Crippen LogP contribution in [0.15, 0.2) is 29.8 Å². The molecule has 0 aliphatic carbocycles. The average molecular weight is 339 g/mol. The van der Waals surface area contributed by atoms with Crippen molar-refractivity contribution in [2.24, 2.45) is 0 Å². The van der Waals surface area contributed by atoms with Crippen LogP contribution < -0.4 is 10.6 Å². The summed E-state index contributed by atoms with van der Waals surface area (Å²) in [6.07, 6.45) is 1.64. The molecular formula is C15H15F2N3O2S. The van der Waals surface area contributed by atoms with E-state index in [1.165, 1.54) is 11.3 Å². The van der Waals surface area contributed by atoms with Crippen molar-refractivity contribution < 1.29 is 18.4 Å². The molecule has 0 fully saturated rings. The van der Waals surface area contributed by atoms with Gasteiger partial charge in [0.05, 0.1) is 12.1 Å². The number of aromatic nitrogens is 1. The van der Waals surface area contributed by atoms with E-state index in [9.17, 15) is 18.4 Å². The van der Waals surface area contributed by atoms with Gasteiger partial charge in [0.2, 0.25) is 5.91 Å². The lowest BCUT2D eigenvalue weighted by Gasteiger charge is -2.23. The Bertz CT molecular complexity index is 718. The number of carbonyl (C=O) groups excluding carboxylic acids is 2. The van der Waals surface area contributed by atoms with Crippen molar-refractivity contribution in [2.45, 2.75) is 19.4 Å². The Labute approximate surface area is 135 Å². The lowest BCUT2D eigenvalue weighted by Crippen LogP contribution is -2.45. The van der Waals surface area contributed by atoms with E-state index in [-0.39, 0.29) is 12.1 Å². The van der Waals surface area contributed by atoms with E-state index in [1.807, 2.05) is 0 Å². The van der Waals surface area contributed by atoms with Crippen molar-refractivity contribution in [3.63, 3.8) is 0 Å². The predicted molar refractivity (Wildman–Crippen MR) is 82.0 cm³/mol. The standard InChI is InChI=1S/C15H15F2N3O2S/c1-15(2,14-18-5-6-23-14)20-12(21)8-19-13(22)9-3-4-10(16)11(17)7-9/h3-7H,8H2,1-2H3,(H,19,22)(H,20,21). The molecule has 2 amide bonds. The van der Waals surface area contributed by atoms with Crippen LogP contribution in [0.3, 0.4) is 0 Å². The average Bonchev–Trinajstić information content (AvgIpc) is 3.02. The highest BCUT2D eigenvalue weighted by molar-refractivity contribution is 7.09. The Morgan fingerprint density at radius 2 is 2.00 bits per heavy atom. The van der Waals surface area contributed by atoms with Crippen LogP contribution in [-0.2, 0) is 10.3 Å². The van der Waals surface area contributed by atoms with Crippen molar-refractivity contribution in [1.29, 1.82) is 0 Å². The monoisotopic (exact) mass is 339 g/mol. The number of carbonyl (C=O) groups is 2. The van der Waals surface area contributed by atoms with Crippen LogP contribution in [0.4, 0.5) is 8.78 Å². The first-order valence-corrected chi connectivity index (χ1v) is 7.62. The van der Waals surface area contributed by atoms with Gasteiger partial charge in [0.25, 0.3) is 5.91 Å². The molecule has 0 bridgehead atoms. The van der Waals surface area contributed by atoms with Crippen molar-refractivity contribution in [3.8, 4) is 0 Å². The third kappa shape index (κ3) is 4.32. The molecule has 5 nitrogen and oxygen atoms in total. The zero-order valence-electron chi connectivity index (χ0n) is 12.5. The molecule has 0 aliphatic heterocycles. The number of hydrogen-bond donors (Lipinski definition) is 2. The first kappa shape index (κ1) is 17.0. The number of nitrogens with zero attached hydrogens (tertiary/aromatic N) is 1. The highest BCUT2D eigenvalue weighted by Crippen LogP contribution is 2.21. The maximum absolute atomic E-state index is 13.1. The Morgan fingerprint density at radius 3 is 2.61 bits per heavy atom. The number of benzene rings is 1. The van der Waals surface area contributed by atoms with Gasteiger partial charge in [-0.1, -0.05) is 0 Å². The molecule has 8 heteroatoms. The predicted octanol–water partition coefficient (Wildman–Crippen LogP) is 2.20. The van der Waals surface area contributed by atoms with Gasteiger partial charge < -0.3 is 10.6 Å². The van der Waals surface area contributed by atoms with Crippen LogP contribution in [0.1, 0.15) is 29.2 Å². The van der Waals surface area contributed by atoms with Crippen molar-refractivity contribution in [2.75, 3.05) is 6.54 Å². The normalized spacial score (nSPS) is 11.1. The van der Waals surface area contributed by atoms with E-state index in [1.54, 1.807) is 25.4 Å². The summed E-state index contributed by atoms with van der Waals surface area (Å²) in [5.41, 5.74) is -0.728. The Morgan fingerprint density at radius 1 is 1.26 bits per heavy atom. The summed E-state index contributed by atoms with van der Waals surface area (Å²) in [5, 5.41) is 7.64. The molecular weight excluding hydrogens is 324 g/mol. The lowest BCUT2D eigenvalue weighted by molar-refractivity contribution is -0.121. The number of hydrogen-bond acceptors (Lipinski definition) is 4. The Kier molecular flexibility index (Phi) is 5.05. The van der Waals surface area contributed by atoms with Crippen LogP contribution in [0, 0.1) is 11.6 Å². The van der Waals surface area contributed by atoms with Gasteiger partial charge in [-0.25, -0.2) is 13.8 Å². The summed E-state index contributed by atoms with van der Waals surface area (Å²) >= 11 is 1.41. The van der Waals surface area contributed by atoms with E-state index in [4.69, 9.17) is 0 Å². The summed E-state index contributed by atoms with van der Waals surface area (Å²) in [6.45, 7) is 3.30. The molecule has 0 saturated carbocycles. The third-order valence-electron chi connectivity index (χ3n) is 3.01. The molecule has 2 rings (SSSR count). The number of halogens is 2. The minimum absolute atomic E-state index is 0.0594. The van der Waals surface area contributed by atoms with Crippen LogP contribution in [0.2, 0.25) is 0 Å². The summed E-state index contributed by atoms with van der Waals surface area (Å²) in [6, 6.07) is 2.78. The van der Waals surface area contributed by atoms with Crippen molar-refractivity contribution >= 4 is 23.2 Å². The number of thiazole rings is 1. The quantitative estimate of drug-likeness (QED) is 0.877. The topological polar surface area (TPSA) is 71.1 Å². The largest absolute Gasteiger partial charge is 0.343 e. The molecule has 2 aromatic rings. The fourth-order valence-corrected chi connectivity index (χ4v) is 2.60. The zero-order chi connectivity index (χ0) is 17.0. The van der Waals surface area contributed by atoms with E-state index in [2.05, 4.69) is 15.6 Å². The first-order chi connectivity index (χ1) is 10.8. The van der Waals surface area contributed by atoms with Gasteiger partial charge >= 0.3 is 0 Å². The fourth-order valence-electron chi connectivity index (χ4n) is 1.88. The third-order valence-corrected chi connectivity index (χ3v) is 4.11. The summed E-state index contributed by atoms with van der Waals surface area (Å²) in [7, 11) is 0.